The lowest BCUT2D eigenvalue weighted by atomic mass is 10.1. The molecule has 0 radical (unpaired) electrons. The Kier molecular flexibility index (Phi) is 10.1. The average Bonchev–Trinajstić information content (AvgIpc) is 2.65. The van der Waals surface area contributed by atoms with Gasteiger partial charge in [-0.3, -0.25) is 9.59 Å². The summed E-state index contributed by atoms with van der Waals surface area (Å²) in [6, 6.07) is 10.4. The molecule has 4 nitrogen and oxygen atoms in total. The summed E-state index contributed by atoms with van der Waals surface area (Å²) in [5.41, 5.74) is 1.71. The highest BCUT2D eigenvalue weighted by Gasteiger charge is 2.09. The summed E-state index contributed by atoms with van der Waals surface area (Å²) in [7, 11) is 0. The van der Waals surface area contributed by atoms with Crippen LogP contribution >= 0.6 is 46.4 Å². The van der Waals surface area contributed by atoms with Crippen LogP contribution in [-0.2, 0) is 31.9 Å². The number of hydrogen-bond acceptors (Lipinski definition) is 4. The molecule has 0 saturated carbocycles. The second kappa shape index (κ2) is 12.3. The molecule has 0 fully saturated rings. The highest BCUT2D eigenvalue weighted by atomic mass is 35.5. The summed E-state index contributed by atoms with van der Waals surface area (Å²) < 4.78 is 10.3. The van der Waals surface area contributed by atoms with Crippen molar-refractivity contribution in [1.29, 1.82) is 0 Å². The zero-order valence-electron chi connectivity index (χ0n) is 15.6. The van der Waals surface area contributed by atoms with E-state index in [-0.39, 0.29) is 38.0 Å². The molecular formula is C21H20Cl4O4. The van der Waals surface area contributed by atoms with E-state index in [9.17, 15) is 9.59 Å². The van der Waals surface area contributed by atoms with Gasteiger partial charge >= 0.3 is 11.9 Å². The van der Waals surface area contributed by atoms with Crippen LogP contribution in [0.2, 0.25) is 20.1 Å². The summed E-state index contributed by atoms with van der Waals surface area (Å²) in [5, 5.41) is 2.19. The molecule has 0 bridgehead atoms. The molecule has 0 aliphatic heterocycles. The summed E-state index contributed by atoms with van der Waals surface area (Å²) in [4.78, 5) is 23.5. The number of rotatable bonds is 10. The fourth-order valence-electron chi connectivity index (χ4n) is 2.52. The number of benzene rings is 2. The third-order valence-corrected chi connectivity index (χ3v) is 5.23. The topological polar surface area (TPSA) is 52.6 Å². The first-order chi connectivity index (χ1) is 13.8. The number of carbonyl (C=O) groups is 2. The Bertz CT molecular complexity index is 785. The normalized spacial score (nSPS) is 10.6. The molecule has 8 heteroatoms. The Morgan fingerprint density at radius 2 is 1.10 bits per heavy atom. The molecular weight excluding hydrogens is 458 g/mol. The van der Waals surface area contributed by atoms with Gasteiger partial charge < -0.3 is 9.47 Å². The van der Waals surface area contributed by atoms with Crippen LogP contribution < -0.4 is 0 Å². The van der Waals surface area contributed by atoms with Crippen LogP contribution in [0.15, 0.2) is 36.4 Å². The molecule has 0 aliphatic carbocycles. The summed E-state index contributed by atoms with van der Waals surface area (Å²) >= 11 is 23.8. The highest BCUT2D eigenvalue weighted by Crippen LogP contribution is 2.22. The third-order valence-electron chi connectivity index (χ3n) is 4.06. The Hall–Kier alpha value is -1.46. The van der Waals surface area contributed by atoms with E-state index in [1.807, 2.05) is 0 Å². The Morgan fingerprint density at radius 3 is 1.48 bits per heavy atom. The molecule has 0 atom stereocenters. The van der Waals surface area contributed by atoms with Gasteiger partial charge in [-0.15, -0.1) is 0 Å². The molecule has 2 rings (SSSR count). The second-order valence-electron chi connectivity index (χ2n) is 6.27. The van der Waals surface area contributed by atoms with Crippen molar-refractivity contribution in [3.05, 3.63) is 67.6 Å². The van der Waals surface area contributed by atoms with Gasteiger partial charge in [0.15, 0.2) is 0 Å². The zero-order valence-corrected chi connectivity index (χ0v) is 18.6. The standard InChI is InChI=1S/C21H20Cl4O4/c22-16-6-4-14(18(24)12-16)8-10-28-20(26)2-1-3-21(27)29-11-9-15-5-7-17(23)13-19(15)25/h4-7,12-13H,1-3,8-11H2. The van der Waals surface area contributed by atoms with Crippen LogP contribution in [0.3, 0.4) is 0 Å². The highest BCUT2D eigenvalue weighted by molar-refractivity contribution is 6.35. The lowest BCUT2D eigenvalue weighted by molar-refractivity contribution is -0.145. The predicted molar refractivity (Wildman–Crippen MR) is 116 cm³/mol. The molecule has 0 spiro atoms. The van der Waals surface area contributed by atoms with Crippen molar-refractivity contribution >= 4 is 58.3 Å². The van der Waals surface area contributed by atoms with Crippen molar-refractivity contribution in [2.24, 2.45) is 0 Å². The second-order valence-corrected chi connectivity index (χ2v) is 7.95. The molecule has 0 unspecified atom stereocenters. The Balaban J connectivity index is 1.57. The molecule has 0 N–H and O–H groups in total. The van der Waals surface area contributed by atoms with E-state index in [0.717, 1.165) is 11.1 Å². The maximum absolute atomic E-state index is 11.8. The molecule has 29 heavy (non-hydrogen) atoms. The van der Waals surface area contributed by atoms with Crippen LogP contribution in [0.1, 0.15) is 30.4 Å². The molecule has 0 aromatic heterocycles. The monoisotopic (exact) mass is 476 g/mol. The van der Waals surface area contributed by atoms with Crippen molar-refractivity contribution in [2.45, 2.75) is 32.1 Å². The molecule has 0 saturated heterocycles. The summed E-state index contributed by atoms with van der Waals surface area (Å²) in [5.74, 6) is -0.730. The number of carbonyl (C=O) groups excluding carboxylic acids is 2. The molecule has 2 aromatic carbocycles. The fourth-order valence-corrected chi connectivity index (χ4v) is 3.53. The van der Waals surface area contributed by atoms with E-state index in [2.05, 4.69) is 0 Å². The Labute approximate surface area is 190 Å². The number of hydrogen-bond donors (Lipinski definition) is 0. The molecule has 0 aliphatic rings. The summed E-state index contributed by atoms with van der Waals surface area (Å²) in [6.45, 7) is 0.430. The van der Waals surface area contributed by atoms with Crippen LogP contribution in [-0.4, -0.2) is 25.2 Å². The average molecular weight is 478 g/mol. The fraction of sp³-hybridized carbons (Fsp3) is 0.333. The molecule has 0 amide bonds. The first kappa shape index (κ1) is 23.8. The van der Waals surface area contributed by atoms with E-state index in [1.54, 1.807) is 36.4 Å². The van der Waals surface area contributed by atoms with E-state index < -0.39 is 0 Å². The van der Waals surface area contributed by atoms with Crippen molar-refractivity contribution in [1.82, 2.24) is 0 Å². The van der Waals surface area contributed by atoms with E-state index in [0.29, 0.717) is 39.4 Å². The van der Waals surface area contributed by atoms with Gasteiger partial charge in [0.25, 0.3) is 0 Å². The lowest BCUT2D eigenvalue weighted by Crippen LogP contribution is -2.11. The van der Waals surface area contributed by atoms with Gasteiger partial charge in [0.2, 0.25) is 0 Å². The van der Waals surface area contributed by atoms with Gasteiger partial charge in [-0.05, 0) is 41.8 Å². The van der Waals surface area contributed by atoms with Gasteiger partial charge in [-0.2, -0.15) is 0 Å². The molecule has 156 valence electrons. The minimum atomic E-state index is -0.365. The van der Waals surface area contributed by atoms with E-state index >= 15 is 0 Å². The number of halogens is 4. The van der Waals surface area contributed by atoms with Gasteiger partial charge in [0, 0.05) is 45.8 Å². The largest absolute Gasteiger partial charge is 0.465 e. The minimum Gasteiger partial charge on any atom is -0.465 e. The van der Waals surface area contributed by atoms with Crippen molar-refractivity contribution in [3.8, 4) is 0 Å². The maximum Gasteiger partial charge on any atom is 0.305 e. The van der Waals surface area contributed by atoms with Gasteiger partial charge in [0.1, 0.15) is 0 Å². The summed E-state index contributed by atoms with van der Waals surface area (Å²) in [6.07, 6.45) is 1.65. The predicted octanol–water partition coefficient (Wildman–Crippen LogP) is 6.34. The quantitative estimate of drug-likeness (QED) is 0.374. The first-order valence-electron chi connectivity index (χ1n) is 9.04. The van der Waals surface area contributed by atoms with Crippen LogP contribution in [0.5, 0.6) is 0 Å². The minimum absolute atomic E-state index is 0.145. The van der Waals surface area contributed by atoms with Crippen LogP contribution in [0.4, 0.5) is 0 Å². The van der Waals surface area contributed by atoms with Crippen molar-refractivity contribution in [2.75, 3.05) is 13.2 Å². The Morgan fingerprint density at radius 1 is 0.690 bits per heavy atom. The van der Waals surface area contributed by atoms with Gasteiger partial charge in [0.05, 0.1) is 13.2 Å². The third kappa shape index (κ3) is 8.83. The number of esters is 2. The van der Waals surface area contributed by atoms with E-state index in [1.165, 1.54) is 0 Å². The number of ether oxygens (including phenoxy) is 2. The maximum atomic E-state index is 11.8. The van der Waals surface area contributed by atoms with Crippen LogP contribution in [0, 0.1) is 0 Å². The van der Waals surface area contributed by atoms with Crippen molar-refractivity contribution in [3.63, 3.8) is 0 Å². The molecule has 0 heterocycles. The van der Waals surface area contributed by atoms with E-state index in [4.69, 9.17) is 55.9 Å². The van der Waals surface area contributed by atoms with Gasteiger partial charge in [-0.1, -0.05) is 58.5 Å². The smallest absolute Gasteiger partial charge is 0.305 e. The first-order valence-corrected chi connectivity index (χ1v) is 10.6. The molecule has 2 aromatic rings. The SMILES string of the molecule is O=C(CCCC(=O)OCCc1ccc(Cl)cc1Cl)OCCc1ccc(Cl)cc1Cl. The van der Waals surface area contributed by atoms with Crippen molar-refractivity contribution < 1.29 is 19.1 Å². The van der Waals surface area contributed by atoms with Crippen LogP contribution in [0.25, 0.3) is 0 Å². The lowest BCUT2D eigenvalue weighted by Gasteiger charge is -2.08. The van der Waals surface area contributed by atoms with Gasteiger partial charge in [-0.25, -0.2) is 0 Å². The zero-order chi connectivity index (χ0) is 21.2.